The van der Waals surface area contributed by atoms with Crippen LogP contribution in [0.4, 0.5) is 0 Å². The molecule has 1 unspecified atom stereocenters. The summed E-state index contributed by atoms with van der Waals surface area (Å²) in [6.45, 7) is 9.74. The van der Waals surface area contributed by atoms with Gasteiger partial charge in [-0.2, -0.15) is 0 Å². The van der Waals surface area contributed by atoms with E-state index in [0.29, 0.717) is 40.9 Å². The van der Waals surface area contributed by atoms with E-state index in [-0.39, 0.29) is 28.9 Å². The standard InChI is InChI=1S/C31H38O7/c1-16(2)13-23(32)21-11-12-24-26(28(21)35-6)29(33)36-18(4)22-14-17(3)15-25(27(22)37-24)38-30(34)31(5)19-7-8-20(31)10-9-19/h11-12,14-16,18-20,23,32H,7-10,13H2,1-6H3/t18?,19?,20?,23-,31?/m0/s1. The molecule has 2 atom stereocenters. The van der Waals surface area contributed by atoms with Gasteiger partial charge in [0.05, 0.1) is 18.6 Å². The maximum absolute atomic E-state index is 13.6. The first-order valence-electron chi connectivity index (χ1n) is 13.7. The van der Waals surface area contributed by atoms with Crippen LogP contribution in [-0.2, 0) is 9.53 Å². The molecule has 0 radical (unpaired) electrons. The number of aryl methyl sites for hydroxylation is 1. The lowest BCUT2D eigenvalue weighted by molar-refractivity contribution is -0.147. The van der Waals surface area contributed by atoms with Crippen LogP contribution in [0.2, 0.25) is 0 Å². The van der Waals surface area contributed by atoms with Crippen molar-refractivity contribution in [3.8, 4) is 23.0 Å². The zero-order valence-electron chi connectivity index (χ0n) is 23.1. The molecule has 2 saturated carbocycles. The quantitative estimate of drug-likeness (QED) is 0.328. The monoisotopic (exact) mass is 522 g/mol. The van der Waals surface area contributed by atoms with E-state index in [9.17, 15) is 14.7 Å². The highest BCUT2D eigenvalue weighted by molar-refractivity contribution is 5.97. The first-order chi connectivity index (χ1) is 18.0. The number of methoxy groups -OCH3 is 1. The molecule has 0 spiro atoms. The van der Waals surface area contributed by atoms with Gasteiger partial charge in [-0.25, -0.2) is 4.79 Å². The lowest BCUT2D eigenvalue weighted by Gasteiger charge is -2.29. The van der Waals surface area contributed by atoms with Crippen LogP contribution in [0.3, 0.4) is 0 Å². The number of fused-ring (bicyclic) bond motifs is 4. The molecule has 0 amide bonds. The van der Waals surface area contributed by atoms with Crippen molar-refractivity contribution in [3.63, 3.8) is 0 Å². The number of hydrogen-bond acceptors (Lipinski definition) is 7. The summed E-state index contributed by atoms with van der Waals surface area (Å²) >= 11 is 0. The van der Waals surface area contributed by atoms with E-state index < -0.39 is 23.6 Å². The van der Waals surface area contributed by atoms with Gasteiger partial charge in [-0.1, -0.05) is 13.8 Å². The van der Waals surface area contributed by atoms with Crippen molar-refractivity contribution in [2.24, 2.45) is 23.2 Å². The topological polar surface area (TPSA) is 91.3 Å². The number of rotatable bonds is 6. The van der Waals surface area contributed by atoms with E-state index in [1.807, 2.05) is 33.8 Å². The average molecular weight is 523 g/mol. The van der Waals surface area contributed by atoms with Crippen molar-refractivity contribution in [1.29, 1.82) is 0 Å². The number of cyclic esters (lactones) is 1. The van der Waals surface area contributed by atoms with E-state index in [0.717, 1.165) is 31.2 Å². The van der Waals surface area contributed by atoms with Gasteiger partial charge in [0.15, 0.2) is 11.5 Å². The number of esters is 2. The van der Waals surface area contributed by atoms with E-state index in [4.69, 9.17) is 18.9 Å². The Labute approximate surface area is 224 Å². The molecule has 1 heterocycles. The van der Waals surface area contributed by atoms with Gasteiger partial charge < -0.3 is 24.1 Å². The number of ether oxygens (including phenoxy) is 4. The smallest absolute Gasteiger partial charge is 0.346 e. The number of benzene rings is 2. The fourth-order valence-corrected chi connectivity index (χ4v) is 6.73. The van der Waals surface area contributed by atoms with Crippen molar-refractivity contribution in [3.05, 3.63) is 46.5 Å². The number of aliphatic hydroxyl groups is 1. The zero-order valence-corrected chi connectivity index (χ0v) is 23.1. The Morgan fingerprint density at radius 1 is 1.16 bits per heavy atom. The molecule has 1 N–H and O–H groups in total. The Morgan fingerprint density at radius 3 is 2.42 bits per heavy atom. The summed E-state index contributed by atoms with van der Waals surface area (Å²) in [5.41, 5.74) is 1.58. The second-order valence-electron chi connectivity index (χ2n) is 11.8. The van der Waals surface area contributed by atoms with Gasteiger partial charge >= 0.3 is 11.9 Å². The summed E-state index contributed by atoms with van der Waals surface area (Å²) in [5.74, 6) is 1.18. The van der Waals surface area contributed by atoms with Crippen LogP contribution < -0.4 is 14.2 Å². The Morgan fingerprint density at radius 2 is 1.82 bits per heavy atom. The number of carbonyl (C=O) groups excluding carboxylic acids is 2. The maximum atomic E-state index is 13.6. The summed E-state index contributed by atoms with van der Waals surface area (Å²) in [4.78, 5) is 27.0. The molecule has 2 fully saturated rings. The minimum atomic E-state index is -0.820. The van der Waals surface area contributed by atoms with Gasteiger partial charge in [0.25, 0.3) is 0 Å². The molecule has 3 aliphatic rings. The lowest BCUT2D eigenvalue weighted by atomic mass is 9.80. The SMILES string of the molecule is COc1c([C@@H](O)CC(C)C)ccc2c1C(=O)OC(C)c1cc(C)cc(OC(=O)C3(C)C4CCC3CC4)c1O2. The van der Waals surface area contributed by atoms with Crippen LogP contribution in [0.1, 0.15) is 99.1 Å². The van der Waals surface area contributed by atoms with E-state index >= 15 is 0 Å². The second kappa shape index (κ2) is 9.92. The number of carbonyl (C=O) groups is 2. The van der Waals surface area contributed by atoms with Crippen LogP contribution in [0, 0.1) is 30.1 Å². The number of aliphatic hydroxyl groups excluding tert-OH is 1. The Bertz CT molecular complexity index is 1240. The van der Waals surface area contributed by atoms with Crippen molar-refractivity contribution in [2.45, 2.75) is 78.9 Å². The molecule has 2 aromatic carbocycles. The van der Waals surface area contributed by atoms with Crippen molar-refractivity contribution in [1.82, 2.24) is 0 Å². The average Bonchev–Trinajstić information content (AvgIpc) is 3.36. The fraction of sp³-hybridized carbons (Fsp3) is 0.548. The summed E-state index contributed by atoms with van der Waals surface area (Å²) in [6, 6.07) is 7.03. The van der Waals surface area contributed by atoms with Gasteiger partial charge in [0.1, 0.15) is 23.2 Å². The molecular formula is C31H38O7. The minimum absolute atomic E-state index is 0.101. The molecular weight excluding hydrogens is 484 g/mol. The highest BCUT2D eigenvalue weighted by Crippen LogP contribution is 2.58. The van der Waals surface area contributed by atoms with E-state index in [1.54, 1.807) is 25.1 Å². The van der Waals surface area contributed by atoms with Crippen LogP contribution in [0.5, 0.6) is 23.0 Å². The summed E-state index contributed by atoms with van der Waals surface area (Å²) in [7, 11) is 1.46. The first kappa shape index (κ1) is 26.5. The van der Waals surface area contributed by atoms with Gasteiger partial charge in [0, 0.05) is 11.1 Å². The van der Waals surface area contributed by atoms with Gasteiger partial charge in [-0.15, -0.1) is 0 Å². The molecule has 1 aliphatic heterocycles. The molecule has 204 valence electrons. The van der Waals surface area contributed by atoms with Crippen LogP contribution in [0.15, 0.2) is 24.3 Å². The molecule has 7 heteroatoms. The van der Waals surface area contributed by atoms with Gasteiger partial charge in [0.2, 0.25) is 0 Å². The highest BCUT2D eigenvalue weighted by Gasteiger charge is 2.57. The third kappa shape index (κ3) is 4.35. The minimum Gasteiger partial charge on any atom is -0.495 e. The normalized spacial score (nSPS) is 26.5. The predicted octanol–water partition coefficient (Wildman–Crippen LogP) is 6.84. The molecule has 0 saturated heterocycles. The van der Waals surface area contributed by atoms with Crippen molar-refractivity contribution >= 4 is 11.9 Å². The van der Waals surface area contributed by atoms with Crippen LogP contribution >= 0.6 is 0 Å². The van der Waals surface area contributed by atoms with Gasteiger partial charge in [-0.3, -0.25) is 4.79 Å². The summed E-state index contributed by atoms with van der Waals surface area (Å²) in [6.07, 6.45) is 3.25. The largest absolute Gasteiger partial charge is 0.495 e. The Balaban J connectivity index is 1.58. The van der Waals surface area contributed by atoms with Crippen LogP contribution in [0.25, 0.3) is 0 Å². The number of hydrogen-bond donors (Lipinski definition) is 1. The second-order valence-corrected chi connectivity index (χ2v) is 11.8. The summed E-state index contributed by atoms with van der Waals surface area (Å²) < 4.78 is 24.0. The predicted molar refractivity (Wildman–Crippen MR) is 142 cm³/mol. The molecule has 0 aromatic heterocycles. The molecule has 38 heavy (non-hydrogen) atoms. The molecule has 2 aliphatic carbocycles. The highest BCUT2D eigenvalue weighted by atomic mass is 16.6. The van der Waals surface area contributed by atoms with Crippen molar-refractivity contribution in [2.75, 3.05) is 7.11 Å². The molecule has 7 nitrogen and oxygen atoms in total. The molecule has 2 aromatic rings. The molecule has 5 rings (SSSR count). The third-order valence-electron chi connectivity index (χ3n) is 8.84. The van der Waals surface area contributed by atoms with Crippen molar-refractivity contribution < 1.29 is 33.6 Å². The zero-order chi connectivity index (χ0) is 27.4. The third-order valence-corrected chi connectivity index (χ3v) is 8.84. The van der Waals surface area contributed by atoms with E-state index in [1.165, 1.54) is 7.11 Å². The maximum Gasteiger partial charge on any atom is 0.346 e. The van der Waals surface area contributed by atoms with E-state index in [2.05, 4.69) is 0 Å². The fourth-order valence-electron chi connectivity index (χ4n) is 6.73. The summed E-state index contributed by atoms with van der Waals surface area (Å²) in [5, 5.41) is 10.8. The Kier molecular flexibility index (Phi) is 6.93. The van der Waals surface area contributed by atoms with Crippen LogP contribution in [-0.4, -0.2) is 24.2 Å². The lowest BCUT2D eigenvalue weighted by Crippen LogP contribution is -2.36. The first-order valence-corrected chi connectivity index (χ1v) is 13.7. The Hall–Kier alpha value is -3.06. The molecule has 2 bridgehead atoms. The van der Waals surface area contributed by atoms with Gasteiger partial charge in [-0.05, 0) is 100 Å².